The molecular weight excluding hydrogens is 314 g/mol. The van der Waals surface area contributed by atoms with E-state index in [0.29, 0.717) is 5.56 Å². The number of rotatable bonds is 1. The fraction of sp³-hybridized carbons (Fsp3) is 0.300. The Morgan fingerprint density at radius 2 is 2.00 bits per heavy atom. The predicted octanol–water partition coefficient (Wildman–Crippen LogP) is 3.29. The van der Waals surface area contributed by atoms with Crippen LogP contribution in [0.3, 0.4) is 0 Å². The summed E-state index contributed by atoms with van der Waals surface area (Å²) in [5.41, 5.74) is 5.09. The molecule has 0 radical (unpaired) electrons. The number of esters is 1. The van der Waals surface area contributed by atoms with Crippen molar-refractivity contribution < 1.29 is 9.53 Å². The molecule has 126 valence electrons. The van der Waals surface area contributed by atoms with Crippen LogP contribution >= 0.6 is 0 Å². The molecule has 5 rings (SSSR count). The van der Waals surface area contributed by atoms with Gasteiger partial charge in [-0.1, -0.05) is 24.3 Å². The van der Waals surface area contributed by atoms with Gasteiger partial charge in [-0.2, -0.15) is 0 Å². The number of H-pyrrole nitrogens is 1. The van der Waals surface area contributed by atoms with E-state index in [1.165, 1.54) is 5.56 Å². The number of piperidine rings is 1. The molecule has 0 amide bonds. The zero-order valence-electron chi connectivity index (χ0n) is 14.1. The van der Waals surface area contributed by atoms with Crippen molar-refractivity contribution in [1.82, 2.24) is 15.3 Å². The van der Waals surface area contributed by atoms with Gasteiger partial charge in [0.05, 0.1) is 16.6 Å². The number of hydrogen-bond acceptors (Lipinski definition) is 4. The van der Waals surface area contributed by atoms with Crippen LogP contribution in [0.25, 0.3) is 22.4 Å². The van der Waals surface area contributed by atoms with Crippen LogP contribution in [0.2, 0.25) is 0 Å². The summed E-state index contributed by atoms with van der Waals surface area (Å²) in [6, 6.07) is 12.1. The minimum absolute atomic E-state index is 0.232. The maximum atomic E-state index is 12.7. The molecule has 1 fully saturated rings. The highest BCUT2D eigenvalue weighted by atomic mass is 16.6. The number of aromatic amines is 1. The Morgan fingerprint density at radius 1 is 1.16 bits per heavy atom. The monoisotopic (exact) mass is 333 g/mol. The molecule has 1 spiro atoms. The van der Waals surface area contributed by atoms with Gasteiger partial charge in [0.15, 0.2) is 0 Å². The number of benzene rings is 2. The van der Waals surface area contributed by atoms with Crippen LogP contribution < -0.4 is 5.32 Å². The molecule has 3 heterocycles. The van der Waals surface area contributed by atoms with E-state index >= 15 is 0 Å². The number of fused-ring (bicyclic) bond motifs is 3. The summed E-state index contributed by atoms with van der Waals surface area (Å²) in [7, 11) is 0. The number of ether oxygens (including phenoxy) is 1. The Kier molecular flexibility index (Phi) is 3.03. The first kappa shape index (κ1) is 14.7. The molecule has 25 heavy (non-hydrogen) atoms. The number of nitrogens with zero attached hydrogens (tertiary/aromatic N) is 1. The number of carbonyl (C=O) groups excluding carboxylic acids is 1. The third kappa shape index (κ3) is 2.12. The molecule has 2 aliphatic heterocycles. The minimum Gasteiger partial charge on any atom is -0.450 e. The van der Waals surface area contributed by atoms with Gasteiger partial charge in [0.1, 0.15) is 11.4 Å². The second-order valence-electron chi connectivity index (χ2n) is 6.97. The van der Waals surface area contributed by atoms with Crippen LogP contribution in [-0.2, 0) is 10.3 Å². The van der Waals surface area contributed by atoms with Crippen molar-refractivity contribution in [3.63, 3.8) is 0 Å². The van der Waals surface area contributed by atoms with Crippen molar-refractivity contribution >= 4 is 17.0 Å². The largest absolute Gasteiger partial charge is 0.450 e. The summed E-state index contributed by atoms with van der Waals surface area (Å²) in [6.45, 7) is 3.78. The Bertz CT molecular complexity index is 999. The first-order chi connectivity index (χ1) is 12.2. The van der Waals surface area contributed by atoms with Gasteiger partial charge < -0.3 is 15.0 Å². The number of aryl methyl sites for hydroxylation is 1. The molecule has 2 N–H and O–H groups in total. The number of hydrogen-bond donors (Lipinski definition) is 2. The van der Waals surface area contributed by atoms with Gasteiger partial charge >= 0.3 is 5.97 Å². The highest BCUT2D eigenvalue weighted by molar-refractivity contribution is 6.01. The van der Waals surface area contributed by atoms with Crippen molar-refractivity contribution in [1.29, 1.82) is 0 Å². The lowest BCUT2D eigenvalue weighted by atomic mass is 9.83. The first-order valence-corrected chi connectivity index (χ1v) is 8.71. The molecule has 0 saturated carbocycles. The molecule has 0 unspecified atom stereocenters. The van der Waals surface area contributed by atoms with Crippen LogP contribution in [0.15, 0.2) is 36.4 Å². The lowest BCUT2D eigenvalue weighted by Gasteiger charge is -2.33. The summed E-state index contributed by atoms with van der Waals surface area (Å²) in [5, 5.41) is 3.34. The zero-order valence-corrected chi connectivity index (χ0v) is 14.1. The van der Waals surface area contributed by atoms with E-state index < -0.39 is 5.60 Å². The van der Waals surface area contributed by atoms with Crippen LogP contribution in [0.4, 0.5) is 0 Å². The van der Waals surface area contributed by atoms with Crippen LogP contribution in [0.5, 0.6) is 0 Å². The van der Waals surface area contributed by atoms with Crippen LogP contribution in [0, 0.1) is 6.92 Å². The molecule has 3 aromatic rings. The summed E-state index contributed by atoms with van der Waals surface area (Å²) < 4.78 is 5.89. The van der Waals surface area contributed by atoms with Crippen LogP contribution in [-0.4, -0.2) is 29.0 Å². The molecule has 1 saturated heterocycles. The maximum Gasteiger partial charge on any atom is 0.340 e. The smallest absolute Gasteiger partial charge is 0.340 e. The Hall–Kier alpha value is -2.66. The second-order valence-corrected chi connectivity index (χ2v) is 6.97. The molecule has 2 aliphatic rings. The van der Waals surface area contributed by atoms with Crippen molar-refractivity contribution in [2.75, 3.05) is 13.1 Å². The molecule has 0 aliphatic carbocycles. The van der Waals surface area contributed by atoms with E-state index in [4.69, 9.17) is 9.72 Å². The van der Waals surface area contributed by atoms with E-state index in [1.54, 1.807) is 0 Å². The van der Waals surface area contributed by atoms with Gasteiger partial charge in [0.2, 0.25) is 0 Å². The Morgan fingerprint density at radius 3 is 2.84 bits per heavy atom. The van der Waals surface area contributed by atoms with Crippen molar-refractivity contribution in [2.45, 2.75) is 25.4 Å². The van der Waals surface area contributed by atoms with Crippen molar-refractivity contribution in [3.05, 3.63) is 53.1 Å². The SMILES string of the molecule is Cc1ccc2nc(-c3cccc4c3C(=O)OC43CCNCC3)[nH]c2c1. The lowest BCUT2D eigenvalue weighted by Crippen LogP contribution is -2.39. The average Bonchev–Trinajstić information content (AvgIpc) is 3.15. The average molecular weight is 333 g/mol. The molecule has 1 aromatic heterocycles. The fourth-order valence-electron chi connectivity index (χ4n) is 4.09. The van der Waals surface area contributed by atoms with E-state index in [2.05, 4.69) is 23.3 Å². The van der Waals surface area contributed by atoms with E-state index in [9.17, 15) is 4.79 Å². The third-order valence-corrected chi connectivity index (χ3v) is 5.35. The number of carbonyl (C=O) groups is 1. The van der Waals surface area contributed by atoms with E-state index in [-0.39, 0.29) is 5.97 Å². The Labute approximate surface area is 145 Å². The van der Waals surface area contributed by atoms with E-state index in [1.807, 2.05) is 30.3 Å². The Balaban J connectivity index is 1.69. The predicted molar refractivity (Wildman–Crippen MR) is 95.5 cm³/mol. The third-order valence-electron chi connectivity index (χ3n) is 5.35. The van der Waals surface area contributed by atoms with Gasteiger partial charge in [-0.25, -0.2) is 9.78 Å². The topological polar surface area (TPSA) is 67.0 Å². The number of aromatic nitrogens is 2. The van der Waals surface area contributed by atoms with Gasteiger partial charge in [-0.3, -0.25) is 0 Å². The molecule has 0 bridgehead atoms. The normalized spacial score (nSPS) is 18.5. The number of imidazole rings is 1. The maximum absolute atomic E-state index is 12.7. The van der Waals surface area contributed by atoms with Gasteiger partial charge in [0.25, 0.3) is 0 Å². The standard InChI is InChI=1S/C20H19N3O2/c1-12-5-6-15-16(11-12)23-18(22-15)13-3-2-4-14-17(13)19(24)25-20(14)7-9-21-10-8-20/h2-6,11,21H,7-10H2,1H3,(H,22,23). The van der Waals surface area contributed by atoms with Gasteiger partial charge in [-0.05, 0) is 37.7 Å². The van der Waals surface area contributed by atoms with Gasteiger partial charge in [-0.15, -0.1) is 0 Å². The quantitative estimate of drug-likeness (QED) is 0.671. The van der Waals surface area contributed by atoms with Gasteiger partial charge in [0, 0.05) is 24.0 Å². The molecule has 0 atom stereocenters. The summed E-state index contributed by atoms with van der Waals surface area (Å²) in [4.78, 5) is 20.8. The minimum atomic E-state index is -0.476. The molecule has 5 heteroatoms. The number of nitrogens with one attached hydrogen (secondary N) is 2. The fourth-order valence-corrected chi connectivity index (χ4v) is 4.09. The molecule has 5 nitrogen and oxygen atoms in total. The van der Waals surface area contributed by atoms with Crippen molar-refractivity contribution in [3.8, 4) is 11.4 Å². The highest BCUT2D eigenvalue weighted by Crippen LogP contribution is 2.45. The summed E-state index contributed by atoms with van der Waals surface area (Å²) >= 11 is 0. The first-order valence-electron chi connectivity index (χ1n) is 8.71. The summed E-state index contributed by atoms with van der Waals surface area (Å²) in [6.07, 6.45) is 1.63. The van der Waals surface area contributed by atoms with E-state index in [0.717, 1.165) is 53.9 Å². The highest BCUT2D eigenvalue weighted by Gasteiger charge is 2.47. The van der Waals surface area contributed by atoms with Crippen LogP contribution in [0.1, 0.15) is 34.3 Å². The lowest BCUT2D eigenvalue weighted by molar-refractivity contribution is -0.0241. The molecule has 2 aromatic carbocycles. The van der Waals surface area contributed by atoms with Crippen molar-refractivity contribution in [2.24, 2.45) is 0 Å². The molecular formula is C20H19N3O2. The second kappa shape index (κ2) is 5.17. The summed E-state index contributed by atoms with van der Waals surface area (Å²) in [5.74, 6) is 0.490. The zero-order chi connectivity index (χ0) is 17.0.